The molecule has 31 heavy (non-hydrogen) atoms. The maximum Gasteiger partial charge on any atom is 0.264 e. The van der Waals surface area contributed by atoms with Gasteiger partial charge in [0.2, 0.25) is 5.91 Å². The van der Waals surface area contributed by atoms with Crippen LogP contribution in [0.2, 0.25) is 0 Å². The van der Waals surface area contributed by atoms with Gasteiger partial charge in [-0.3, -0.25) is 9.10 Å². The van der Waals surface area contributed by atoms with Crippen LogP contribution in [0, 0.1) is 0 Å². The molecule has 1 atom stereocenters. The number of hydrogen-bond donors (Lipinski definition) is 1. The van der Waals surface area contributed by atoms with Crippen molar-refractivity contribution in [3.8, 4) is 0 Å². The van der Waals surface area contributed by atoms with E-state index in [1.807, 2.05) is 56.3 Å². The number of aryl methyl sites for hydroxylation is 1. The Morgan fingerprint density at radius 1 is 0.903 bits per heavy atom. The summed E-state index contributed by atoms with van der Waals surface area (Å²) in [6.45, 7) is 4.20. The van der Waals surface area contributed by atoms with Crippen LogP contribution in [0.4, 0.5) is 5.69 Å². The number of carbonyl (C=O) groups is 1. The number of amides is 1. The molecule has 3 aromatic rings. The van der Waals surface area contributed by atoms with Gasteiger partial charge in [0.15, 0.2) is 0 Å². The third-order valence-corrected chi connectivity index (χ3v) is 7.01. The van der Waals surface area contributed by atoms with Gasteiger partial charge < -0.3 is 5.32 Å². The SMILES string of the molecule is CCc1ccc(N(CC(=O)NC[C@H](C)c2ccccc2)S(=O)(=O)c2ccccc2)cc1. The lowest BCUT2D eigenvalue weighted by Crippen LogP contribution is -2.41. The first-order valence-electron chi connectivity index (χ1n) is 10.4. The summed E-state index contributed by atoms with van der Waals surface area (Å²) < 4.78 is 27.8. The Morgan fingerprint density at radius 2 is 1.48 bits per heavy atom. The summed E-state index contributed by atoms with van der Waals surface area (Å²) in [5.74, 6) is -0.227. The van der Waals surface area contributed by atoms with Crippen LogP contribution in [0.1, 0.15) is 30.9 Å². The molecular weight excluding hydrogens is 408 g/mol. The second-order valence-electron chi connectivity index (χ2n) is 7.46. The zero-order chi connectivity index (χ0) is 22.3. The molecule has 0 aliphatic heterocycles. The number of anilines is 1. The van der Waals surface area contributed by atoms with E-state index in [-0.39, 0.29) is 23.3 Å². The van der Waals surface area contributed by atoms with Crippen LogP contribution in [0.5, 0.6) is 0 Å². The molecule has 0 unspecified atom stereocenters. The van der Waals surface area contributed by atoms with Crippen LogP contribution in [0.15, 0.2) is 89.8 Å². The minimum atomic E-state index is -3.89. The number of rotatable bonds is 9. The van der Waals surface area contributed by atoms with Crippen molar-refractivity contribution in [3.05, 3.63) is 96.1 Å². The van der Waals surface area contributed by atoms with E-state index in [2.05, 4.69) is 5.32 Å². The molecule has 0 heterocycles. The Bertz CT molecular complexity index is 1080. The molecule has 0 saturated heterocycles. The van der Waals surface area contributed by atoms with Gasteiger partial charge in [-0.25, -0.2) is 8.42 Å². The molecule has 0 radical (unpaired) electrons. The molecule has 3 rings (SSSR count). The number of hydrogen-bond acceptors (Lipinski definition) is 3. The summed E-state index contributed by atoms with van der Waals surface area (Å²) in [5.41, 5.74) is 2.68. The Labute approximate surface area is 184 Å². The highest BCUT2D eigenvalue weighted by Crippen LogP contribution is 2.24. The van der Waals surface area contributed by atoms with Crippen LogP contribution >= 0.6 is 0 Å². The van der Waals surface area contributed by atoms with Gasteiger partial charge in [0.1, 0.15) is 6.54 Å². The topological polar surface area (TPSA) is 66.5 Å². The smallest absolute Gasteiger partial charge is 0.264 e. The van der Waals surface area contributed by atoms with Crippen molar-refractivity contribution in [2.24, 2.45) is 0 Å². The van der Waals surface area contributed by atoms with Crippen molar-refractivity contribution in [3.63, 3.8) is 0 Å². The average Bonchev–Trinajstić information content (AvgIpc) is 2.82. The third-order valence-electron chi connectivity index (χ3n) is 5.23. The van der Waals surface area contributed by atoms with E-state index in [0.29, 0.717) is 12.2 Å². The first kappa shape index (κ1) is 22.6. The van der Waals surface area contributed by atoms with Gasteiger partial charge in [-0.05, 0) is 47.7 Å². The molecule has 0 aliphatic rings. The lowest BCUT2D eigenvalue weighted by molar-refractivity contribution is -0.119. The van der Waals surface area contributed by atoms with Crippen LogP contribution < -0.4 is 9.62 Å². The van der Waals surface area contributed by atoms with Gasteiger partial charge in [0.05, 0.1) is 10.6 Å². The first-order valence-corrected chi connectivity index (χ1v) is 11.8. The largest absolute Gasteiger partial charge is 0.354 e. The van der Waals surface area contributed by atoms with E-state index in [9.17, 15) is 13.2 Å². The molecule has 0 aliphatic carbocycles. The molecule has 0 saturated carbocycles. The normalized spacial score (nSPS) is 12.2. The lowest BCUT2D eigenvalue weighted by Gasteiger charge is -2.24. The summed E-state index contributed by atoms with van der Waals surface area (Å²) in [6, 6.07) is 25.4. The molecule has 3 aromatic carbocycles. The van der Waals surface area contributed by atoms with Gasteiger partial charge in [0.25, 0.3) is 10.0 Å². The van der Waals surface area contributed by atoms with Crippen LogP contribution in [-0.2, 0) is 21.2 Å². The number of benzene rings is 3. The van der Waals surface area contributed by atoms with Crippen molar-refractivity contribution in [1.82, 2.24) is 5.32 Å². The van der Waals surface area contributed by atoms with E-state index in [4.69, 9.17) is 0 Å². The summed E-state index contributed by atoms with van der Waals surface area (Å²) >= 11 is 0. The fraction of sp³-hybridized carbons (Fsp3) is 0.240. The molecule has 1 N–H and O–H groups in total. The predicted octanol–water partition coefficient (Wildman–Crippen LogP) is 4.36. The Kier molecular flexibility index (Phi) is 7.47. The Balaban J connectivity index is 1.80. The van der Waals surface area contributed by atoms with Crippen molar-refractivity contribution in [1.29, 1.82) is 0 Å². The highest BCUT2D eigenvalue weighted by atomic mass is 32.2. The summed E-state index contributed by atoms with van der Waals surface area (Å²) in [6.07, 6.45) is 0.851. The Morgan fingerprint density at radius 3 is 2.06 bits per heavy atom. The summed E-state index contributed by atoms with van der Waals surface area (Å²) in [5, 5.41) is 2.88. The van der Waals surface area contributed by atoms with E-state index in [1.54, 1.807) is 30.3 Å². The standard InChI is InChI=1S/C25H28N2O3S/c1-3-21-14-16-23(17-15-21)27(31(29,30)24-12-8-5-9-13-24)19-25(28)26-18-20(2)22-10-6-4-7-11-22/h4-17,20H,3,18-19H2,1-2H3,(H,26,28)/t20-/m0/s1. The monoisotopic (exact) mass is 436 g/mol. The van der Waals surface area contributed by atoms with Gasteiger partial charge in [-0.2, -0.15) is 0 Å². The second-order valence-corrected chi connectivity index (χ2v) is 9.32. The van der Waals surface area contributed by atoms with E-state index in [0.717, 1.165) is 17.5 Å². The molecule has 5 nitrogen and oxygen atoms in total. The van der Waals surface area contributed by atoms with E-state index < -0.39 is 10.0 Å². The maximum atomic E-state index is 13.3. The van der Waals surface area contributed by atoms with Gasteiger partial charge in [-0.1, -0.05) is 74.5 Å². The molecule has 0 spiro atoms. The van der Waals surface area contributed by atoms with Gasteiger partial charge in [0, 0.05) is 6.54 Å². The number of sulfonamides is 1. The molecular formula is C25H28N2O3S. The number of carbonyl (C=O) groups excluding carboxylic acids is 1. The van der Waals surface area contributed by atoms with Gasteiger partial charge in [-0.15, -0.1) is 0 Å². The zero-order valence-corrected chi connectivity index (χ0v) is 18.7. The zero-order valence-electron chi connectivity index (χ0n) is 17.9. The molecule has 6 heteroatoms. The molecule has 1 amide bonds. The molecule has 0 aromatic heterocycles. The highest BCUT2D eigenvalue weighted by Gasteiger charge is 2.27. The fourth-order valence-electron chi connectivity index (χ4n) is 3.29. The maximum absolute atomic E-state index is 13.3. The average molecular weight is 437 g/mol. The minimum Gasteiger partial charge on any atom is -0.354 e. The number of nitrogens with zero attached hydrogens (tertiary/aromatic N) is 1. The Hall–Kier alpha value is -3.12. The third kappa shape index (κ3) is 5.73. The quantitative estimate of drug-likeness (QED) is 0.542. The number of nitrogens with one attached hydrogen (secondary N) is 1. The van der Waals surface area contributed by atoms with E-state index in [1.165, 1.54) is 16.4 Å². The van der Waals surface area contributed by atoms with Gasteiger partial charge >= 0.3 is 0 Å². The van der Waals surface area contributed by atoms with Crippen LogP contribution in [0.3, 0.4) is 0 Å². The van der Waals surface area contributed by atoms with Crippen molar-refractivity contribution in [2.75, 3.05) is 17.4 Å². The summed E-state index contributed by atoms with van der Waals surface area (Å²) in [7, 11) is -3.89. The highest BCUT2D eigenvalue weighted by molar-refractivity contribution is 7.92. The summed E-state index contributed by atoms with van der Waals surface area (Å²) in [4.78, 5) is 12.9. The van der Waals surface area contributed by atoms with Crippen molar-refractivity contribution < 1.29 is 13.2 Å². The molecule has 162 valence electrons. The predicted molar refractivity (Wildman–Crippen MR) is 125 cm³/mol. The van der Waals surface area contributed by atoms with Crippen LogP contribution in [-0.4, -0.2) is 27.4 Å². The second kappa shape index (κ2) is 10.3. The lowest BCUT2D eigenvalue weighted by atomic mass is 10.0. The van der Waals surface area contributed by atoms with Crippen LogP contribution in [0.25, 0.3) is 0 Å². The van der Waals surface area contributed by atoms with Crippen molar-refractivity contribution in [2.45, 2.75) is 31.1 Å². The fourth-order valence-corrected chi connectivity index (χ4v) is 4.73. The van der Waals surface area contributed by atoms with E-state index >= 15 is 0 Å². The molecule has 0 fully saturated rings. The minimum absolute atomic E-state index is 0.119. The van der Waals surface area contributed by atoms with Crippen molar-refractivity contribution >= 4 is 21.6 Å². The molecule has 0 bridgehead atoms. The first-order chi connectivity index (χ1) is 14.9.